The molecular formula is C18H20N2O3. The van der Waals surface area contributed by atoms with Crippen LogP contribution in [0.2, 0.25) is 0 Å². The van der Waals surface area contributed by atoms with Crippen LogP contribution in [0.25, 0.3) is 0 Å². The lowest BCUT2D eigenvalue weighted by Crippen LogP contribution is -2.38. The number of carbonyl (C=O) groups is 1. The topological polar surface area (TPSA) is 59.6 Å². The van der Waals surface area contributed by atoms with Gasteiger partial charge in [0, 0.05) is 25.8 Å². The van der Waals surface area contributed by atoms with Gasteiger partial charge in [0.25, 0.3) is 5.91 Å². The average Bonchev–Trinajstić information content (AvgIpc) is 2.59. The molecule has 3 rings (SSSR count). The lowest BCUT2D eigenvalue weighted by Gasteiger charge is -2.28. The maximum atomic E-state index is 12.2. The van der Waals surface area contributed by atoms with Crippen molar-refractivity contribution in [2.75, 3.05) is 25.6 Å². The first kappa shape index (κ1) is 15.4. The molecular weight excluding hydrogens is 292 g/mol. The number of hydrogen-bond donors (Lipinski definition) is 2. The third kappa shape index (κ3) is 3.63. The summed E-state index contributed by atoms with van der Waals surface area (Å²) in [6.07, 6.45) is 0.576. The number of carbonyl (C=O) groups excluding carboxylic acids is 1. The summed E-state index contributed by atoms with van der Waals surface area (Å²) in [5.41, 5.74) is 2.46. The number of hydrogen-bond acceptors (Lipinski definition) is 4. The fourth-order valence-corrected chi connectivity index (χ4v) is 2.55. The molecule has 0 aromatic heterocycles. The Bertz CT molecular complexity index is 687. The summed E-state index contributed by atoms with van der Waals surface area (Å²) in [7, 11) is 1.68. The fraction of sp³-hybridized carbons (Fsp3) is 0.278. The van der Waals surface area contributed by atoms with Crippen molar-refractivity contribution in [1.82, 2.24) is 5.32 Å². The van der Waals surface area contributed by atoms with E-state index in [-0.39, 0.29) is 12.1 Å². The molecule has 1 heterocycles. The summed E-state index contributed by atoms with van der Waals surface area (Å²) < 4.78 is 10.7. The van der Waals surface area contributed by atoms with Gasteiger partial charge in [-0.2, -0.15) is 0 Å². The number of nitrogens with one attached hydrogen (secondary N) is 2. The number of ether oxygens (including phenoxy) is 2. The molecule has 120 valence electrons. The van der Waals surface area contributed by atoms with Crippen molar-refractivity contribution in [3.05, 3.63) is 59.7 Å². The number of benzene rings is 2. The van der Waals surface area contributed by atoms with Crippen LogP contribution < -0.4 is 15.4 Å². The molecule has 2 N–H and O–H groups in total. The molecule has 0 radical (unpaired) electrons. The van der Waals surface area contributed by atoms with Crippen molar-refractivity contribution in [1.29, 1.82) is 0 Å². The summed E-state index contributed by atoms with van der Waals surface area (Å²) in [5.74, 6) is 0.712. The Balaban J connectivity index is 1.71. The molecule has 0 aliphatic carbocycles. The largest absolute Gasteiger partial charge is 0.493 e. The van der Waals surface area contributed by atoms with Crippen LogP contribution in [0.1, 0.15) is 28.5 Å². The zero-order chi connectivity index (χ0) is 16.1. The van der Waals surface area contributed by atoms with E-state index in [1.165, 1.54) is 0 Å². The molecule has 0 saturated carbocycles. The third-order valence-corrected chi connectivity index (χ3v) is 3.70. The minimum absolute atomic E-state index is 0.0734. The summed E-state index contributed by atoms with van der Waals surface area (Å²) in [5, 5.41) is 6.31. The van der Waals surface area contributed by atoms with Crippen LogP contribution in [0.5, 0.6) is 5.75 Å². The van der Waals surface area contributed by atoms with Gasteiger partial charge in [0.15, 0.2) is 0 Å². The Morgan fingerprint density at radius 3 is 2.78 bits per heavy atom. The molecule has 1 aliphatic heterocycles. The van der Waals surface area contributed by atoms with Crippen LogP contribution >= 0.6 is 0 Å². The van der Waals surface area contributed by atoms with Gasteiger partial charge in [-0.1, -0.05) is 24.3 Å². The first-order valence-electron chi connectivity index (χ1n) is 7.66. The highest BCUT2D eigenvalue weighted by molar-refractivity contribution is 6.01. The van der Waals surface area contributed by atoms with Crippen molar-refractivity contribution in [3.63, 3.8) is 0 Å². The molecule has 5 heteroatoms. The predicted molar refractivity (Wildman–Crippen MR) is 88.7 cm³/mol. The Kier molecular flexibility index (Phi) is 4.78. The van der Waals surface area contributed by atoms with E-state index < -0.39 is 0 Å². The lowest BCUT2D eigenvalue weighted by atomic mass is 10.1. The maximum Gasteiger partial charge on any atom is 0.255 e. The Morgan fingerprint density at radius 1 is 1.04 bits per heavy atom. The highest BCUT2D eigenvalue weighted by Crippen LogP contribution is 2.27. The van der Waals surface area contributed by atoms with Gasteiger partial charge in [-0.25, -0.2) is 0 Å². The van der Waals surface area contributed by atoms with E-state index in [9.17, 15) is 4.79 Å². The van der Waals surface area contributed by atoms with Gasteiger partial charge in [0.1, 0.15) is 11.9 Å². The van der Waals surface area contributed by atoms with E-state index in [4.69, 9.17) is 9.47 Å². The van der Waals surface area contributed by atoms with Crippen LogP contribution in [0, 0.1) is 0 Å². The van der Waals surface area contributed by atoms with E-state index >= 15 is 0 Å². The number of rotatable bonds is 6. The van der Waals surface area contributed by atoms with Gasteiger partial charge in [-0.15, -0.1) is 0 Å². The molecule has 1 atom stereocenters. The maximum absolute atomic E-state index is 12.2. The number of para-hydroxylation sites is 1. The second kappa shape index (κ2) is 7.15. The van der Waals surface area contributed by atoms with Gasteiger partial charge < -0.3 is 20.1 Å². The molecule has 2 aromatic rings. The molecule has 23 heavy (non-hydrogen) atoms. The van der Waals surface area contributed by atoms with Gasteiger partial charge in [0.05, 0.1) is 12.2 Å². The van der Waals surface area contributed by atoms with Gasteiger partial charge in [-0.3, -0.25) is 4.79 Å². The molecule has 0 unspecified atom stereocenters. The van der Waals surface area contributed by atoms with Crippen LogP contribution in [-0.2, 0) is 4.74 Å². The molecule has 0 saturated heterocycles. The molecule has 0 bridgehead atoms. The third-order valence-electron chi connectivity index (χ3n) is 3.70. The molecule has 1 amide bonds. The Hall–Kier alpha value is -2.53. The normalized spacial score (nSPS) is 16.2. The fourth-order valence-electron chi connectivity index (χ4n) is 2.55. The van der Waals surface area contributed by atoms with Gasteiger partial charge in [0.2, 0.25) is 0 Å². The molecule has 1 aliphatic rings. The molecule has 0 spiro atoms. The number of fused-ring (bicyclic) bond motifs is 1. The minimum atomic E-state index is -0.264. The summed E-state index contributed by atoms with van der Waals surface area (Å²) in [6, 6.07) is 15.2. The van der Waals surface area contributed by atoms with Crippen molar-refractivity contribution in [3.8, 4) is 5.75 Å². The predicted octanol–water partition coefficient (Wildman–Crippen LogP) is 2.96. The highest BCUT2D eigenvalue weighted by atomic mass is 16.5. The SMILES string of the molecule is COCCCOc1cccc([C@@H]2NC(=O)c3ccccc3N2)c1. The first-order chi connectivity index (χ1) is 11.3. The standard InChI is InChI=1S/C18H20N2O3/c1-22-10-5-11-23-14-7-4-6-13(12-14)17-19-16-9-3-2-8-15(16)18(21)20-17/h2-4,6-9,12,17,19H,5,10-11H2,1H3,(H,20,21)/t17-/m0/s1. The lowest BCUT2D eigenvalue weighted by molar-refractivity contribution is 0.0935. The minimum Gasteiger partial charge on any atom is -0.493 e. The number of anilines is 1. The summed E-state index contributed by atoms with van der Waals surface area (Å²) in [6.45, 7) is 1.28. The number of amides is 1. The van der Waals surface area contributed by atoms with E-state index in [0.717, 1.165) is 23.4 Å². The second-order valence-electron chi connectivity index (χ2n) is 5.36. The molecule has 5 nitrogen and oxygen atoms in total. The van der Waals surface area contributed by atoms with Gasteiger partial charge >= 0.3 is 0 Å². The Labute approximate surface area is 135 Å². The van der Waals surface area contributed by atoms with Crippen molar-refractivity contribution in [2.24, 2.45) is 0 Å². The number of methoxy groups -OCH3 is 1. The van der Waals surface area contributed by atoms with Crippen LogP contribution in [0.3, 0.4) is 0 Å². The summed E-state index contributed by atoms with van der Waals surface area (Å²) >= 11 is 0. The quantitative estimate of drug-likeness (QED) is 0.805. The van der Waals surface area contributed by atoms with E-state index in [2.05, 4.69) is 10.6 Å². The van der Waals surface area contributed by atoms with Crippen molar-refractivity contribution in [2.45, 2.75) is 12.6 Å². The zero-order valence-corrected chi connectivity index (χ0v) is 13.0. The van der Waals surface area contributed by atoms with Crippen molar-refractivity contribution < 1.29 is 14.3 Å². The second-order valence-corrected chi connectivity index (χ2v) is 5.36. The average molecular weight is 312 g/mol. The van der Waals surface area contributed by atoms with E-state index in [0.29, 0.717) is 18.8 Å². The monoisotopic (exact) mass is 312 g/mol. The Morgan fingerprint density at radius 2 is 1.91 bits per heavy atom. The molecule has 0 fully saturated rings. The van der Waals surface area contributed by atoms with E-state index in [1.807, 2.05) is 48.5 Å². The van der Waals surface area contributed by atoms with E-state index in [1.54, 1.807) is 7.11 Å². The first-order valence-corrected chi connectivity index (χ1v) is 7.66. The summed E-state index contributed by atoms with van der Waals surface area (Å²) in [4.78, 5) is 12.2. The highest BCUT2D eigenvalue weighted by Gasteiger charge is 2.24. The zero-order valence-electron chi connectivity index (χ0n) is 13.0. The van der Waals surface area contributed by atoms with Crippen molar-refractivity contribution >= 4 is 11.6 Å². The van der Waals surface area contributed by atoms with Gasteiger partial charge in [-0.05, 0) is 29.8 Å². The van der Waals surface area contributed by atoms with Crippen LogP contribution in [0.4, 0.5) is 5.69 Å². The van der Waals surface area contributed by atoms with Crippen LogP contribution in [-0.4, -0.2) is 26.2 Å². The smallest absolute Gasteiger partial charge is 0.255 e. The molecule has 2 aromatic carbocycles. The van der Waals surface area contributed by atoms with Crippen LogP contribution in [0.15, 0.2) is 48.5 Å².